The van der Waals surface area contributed by atoms with Crippen LogP contribution in [0.4, 0.5) is 0 Å². The van der Waals surface area contributed by atoms with E-state index in [2.05, 4.69) is 46.1 Å². The van der Waals surface area contributed by atoms with Crippen LogP contribution in [-0.2, 0) is 25.9 Å². The normalized spacial score (nSPS) is 14.2. The van der Waals surface area contributed by atoms with E-state index in [1.165, 1.54) is 16.1 Å². The topological polar surface area (TPSA) is 37.0 Å². The highest BCUT2D eigenvalue weighted by molar-refractivity contribution is 7.09. The molecule has 0 atom stereocenters. The number of rotatable bonds is 5. The van der Waals surface area contributed by atoms with E-state index in [1.54, 1.807) is 16.9 Å². The largest absolute Gasteiger partial charge is 0.312 e. The summed E-state index contributed by atoms with van der Waals surface area (Å²) in [6.07, 6.45) is 2.17. The molecule has 0 fully saturated rings. The summed E-state index contributed by atoms with van der Waals surface area (Å²) in [5.74, 6) is 0. The van der Waals surface area contributed by atoms with Gasteiger partial charge >= 0.3 is 0 Å². The molecule has 0 bridgehead atoms. The highest BCUT2D eigenvalue weighted by atomic mass is 32.1. The third-order valence-corrected chi connectivity index (χ3v) is 4.76. The van der Waals surface area contributed by atoms with Gasteiger partial charge in [0.1, 0.15) is 0 Å². The summed E-state index contributed by atoms with van der Waals surface area (Å²) in [5, 5.41) is 10.3. The average Bonchev–Trinajstić information content (AvgIpc) is 2.89. The van der Waals surface area contributed by atoms with E-state index < -0.39 is 0 Å². The third-order valence-electron chi connectivity index (χ3n) is 3.73. The molecule has 1 aromatic carbocycles. The zero-order chi connectivity index (χ0) is 13.8. The number of nitrogens with one attached hydrogen (secondary N) is 2. The second-order valence-corrected chi connectivity index (χ2v) is 6.23. The Balaban J connectivity index is 1.53. The van der Waals surface area contributed by atoms with Gasteiger partial charge in [0.15, 0.2) is 0 Å². The quantitative estimate of drug-likeness (QED) is 0.829. The van der Waals surface area contributed by atoms with Crippen LogP contribution in [0.5, 0.6) is 0 Å². The van der Waals surface area contributed by atoms with Gasteiger partial charge in [-0.15, -0.1) is 11.3 Å². The fourth-order valence-corrected chi connectivity index (χ4v) is 3.49. The van der Waals surface area contributed by atoms with Crippen molar-refractivity contribution in [2.24, 2.45) is 0 Å². The van der Waals surface area contributed by atoms with Gasteiger partial charge < -0.3 is 10.6 Å². The van der Waals surface area contributed by atoms with Gasteiger partial charge in [-0.1, -0.05) is 18.2 Å². The molecule has 2 N–H and O–H groups in total. The molecule has 2 heterocycles. The molecule has 0 spiro atoms. The van der Waals surface area contributed by atoms with E-state index in [-0.39, 0.29) is 0 Å². The van der Waals surface area contributed by atoms with Crippen molar-refractivity contribution in [1.29, 1.82) is 0 Å². The van der Waals surface area contributed by atoms with Gasteiger partial charge in [-0.05, 0) is 36.6 Å². The number of benzene rings is 1. The summed E-state index contributed by atoms with van der Waals surface area (Å²) in [6.45, 7) is 6.13. The summed E-state index contributed by atoms with van der Waals surface area (Å²) in [7, 11) is 0. The number of hydrogen-bond donors (Lipinski definition) is 2. The second-order valence-electron chi connectivity index (χ2n) is 5.29. The van der Waals surface area contributed by atoms with Crippen molar-refractivity contribution in [3.63, 3.8) is 0 Å². The summed E-state index contributed by atoms with van der Waals surface area (Å²) in [6, 6.07) is 6.67. The Kier molecular flexibility index (Phi) is 4.45. The zero-order valence-electron chi connectivity index (χ0n) is 11.9. The van der Waals surface area contributed by atoms with Crippen molar-refractivity contribution >= 4 is 11.3 Å². The van der Waals surface area contributed by atoms with Crippen LogP contribution in [0, 0.1) is 6.92 Å². The lowest BCUT2D eigenvalue weighted by atomic mass is 9.95. The molecule has 1 aromatic heterocycles. The molecule has 1 aliphatic heterocycles. The average molecular weight is 287 g/mol. The molecule has 0 saturated carbocycles. The lowest BCUT2D eigenvalue weighted by molar-refractivity contribution is 0.626. The first kappa shape index (κ1) is 13.7. The van der Waals surface area contributed by atoms with E-state index in [0.717, 1.165) is 44.7 Å². The first-order valence-corrected chi connectivity index (χ1v) is 8.13. The van der Waals surface area contributed by atoms with Crippen molar-refractivity contribution in [3.8, 4) is 0 Å². The lowest BCUT2D eigenvalue weighted by Gasteiger charge is -2.20. The summed E-state index contributed by atoms with van der Waals surface area (Å²) in [5.41, 5.74) is 5.60. The van der Waals surface area contributed by atoms with Crippen LogP contribution in [-0.4, -0.2) is 18.1 Å². The maximum atomic E-state index is 4.50. The fourth-order valence-electron chi connectivity index (χ4n) is 2.71. The number of hydrogen-bond acceptors (Lipinski definition) is 4. The Bertz CT molecular complexity index is 577. The van der Waals surface area contributed by atoms with Crippen molar-refractivity contribution < 1.29 is 0 Å². The Morgan fingerprint density at radius 3 is 3.20 bits per heavy atom. The van der Waals surface area contributed by atoms with Gasteiger partial charge in [0.05, 0.1) is 5.01 Å². The number of fused-ring (bicyclic) bond motifs is 1. The van der Waals surface area contributed by atoms with Crippen molar-refractivity contribution in [2.75, 3.05) is 13.1 Å². The highest BCUT2D eigenvalue weighted by Gasteiger charge is 2.11. The molecule has 4 heteroatoms. The molecule has 0 amide bonds. The number of aryl methyl sites for hydroxylation is 1. The van der Waals surface area contributed by atoms with Crippen LogP contribution < -0.4 is 10.6 Å². The molecule has 1 aliphatic rings. The molecule has 0 unspecified atom stereocenters. The molecule has 0 radical (unpaired) electrons. The Hall–Kier alpha value is -1.23. The zero-order valence-corrected chi connectivity index (χ0v) is 12.7. The number of aromatic nitrogens is 1. The van der Waals surface area contributed by atoms with Gasteiger partial charge in [-0.25, -0.2) is 4.98 Å². The monoisotopic (exact) mass is 287 g/mol. The van der Waals surface area contributed by atoms with Gasteiger partial charge in [-0.3, -0.25) is 0 Å². The SMILES string of the molecule is Cc1csc(CCNCc2cccc3c2CCNC3)n1. The molecule has 3 nitrogen and oxygen atoms in total. The summed E-state index contributed by atoms with van der Waals surface area (Å²) < 4.78 is 0. The minimum absolute atomic E-state index is 0.966. The number of thiazole rings is 1. The molecule has 0 aliphatic carbocycles. The predicted molar refractivity (Wildman–Crippen MR) is 84.1 cm³/mol. The van der Waals surface area contributed by atoms with E-state index in [1.807, 2.05) is 0 Å². The molecular formula is C16H21N3S. The van der Waals surface area contributed by atoms with Gasteiger partial charge in [-0.2, -0.15) is 0 Å². The summed E-state index contributed by atoms with van der Waals surface area (Å²) in [4.78, 5) is 4.50. The summed E-state index contributed by atoms with van der Waals surface area (Å²) >= 11 is 1.76. The Morgan fingerprint density at radius 1 is 1.40 bits per heavy atom. The van der Waals surface area contributed by atoms with Crippen molar-refractivity contribution in [3.05, 3.63) is 51.0 Å². The number of nitrogens with zero attached hydrogens (tertiary/aromatic N) is 1. The van der Waals surface area contributed by atoms with Crippen molar-refractivity contribution in [1.82, 2.24) is 15.6 Å². The smallest absolute Gasteiger partial charge is 0.0940 e. The molecule has 106 valence electrons. The van der Waals surface area contributed by atoms with Crippen LogP contribution in [0.1, 0.15) is 27.4 Å². The minimum Gasteiger partial charge on any atom is -0.312 e. The predicted octanol–water partition coefficient (Wildman–Crippen LogP) is 2.43. The van der Waals surface area contributed by atoms with E-state index in [9.17, 15) is 0 Å². The fraction of sp³-hybridized carbons (Fsp3) is 0.438. The second kappa shape index (κ2) is 6.48. The highest BCUT2D eigenvalue weighted by Crippen LogP contribution is 2.18. The lowest BCUT2D eigenvalue weighted by Crippen LogP contribution is -2.26. The maximum Gasteiger partial charge on any atom is 0.0940 e. The third kappa shape index (κ3) is 3.26. The first-order valence-electron chi connectivity index (χ1n) is 7.25. The van der Waals surface area contributed by atoms with Crippen LogP contribution in [0.25, 0.3) is 0 Å². The Morgan fingerprint density at radius 2 is 2.35 bits per heavy atom. The van der Waals surface area contributed by atoms with E-state index in [0.29, 0.717) is 0 Å². The van der Waals surface area contributed by atoms with Gasteiger partial charge in [0.2, 0.25) is 0 Å². The van der Waals surface area contributed by atoms with E-state index >= 15 is 0 Å². The molecule has 0 saturated heterocycles. The van der Waals surface area contributed by atoms with Crippen LogP contribution in [0.2, 0.25) is 0 Å². The van der Waals surface area contributed by atoms with Crippen LogP contribution in [0.3, 0.4) is 0 Å². The van der Waals surface area contributed by atoms with Crippen LogP contribution >= 0.6 is 11.3 Å². The van der Waals surface area contributed by atoms with Gasteiger partial charge in [0.25, 0.3) is 0 Å². The molecular weight excluding hydrogens is 266 g/mol. The first-order chi connectivity index (χ1) is 9.83. The molecule has 3 rings (SSSR count). The van der Waals surface area contributed by atoms with Crippen LogP contribution in [0.15, 0.2) is 23.6 Å². The van der Waals surface area contributed by atoms with E-state index in [4.69, 9.17) is 0 Å². The molecule has 2 aromatic rings. The standard InChI is InChI=1S/C16H21N3S/c1-12-11-20-16(19-12)6-8-18-10-14-4-2-3-13-9-17-7-5-15(13)14/h2-4,11,17-18H,5-10H2,1H3. The Labute approximate surface area is 124 Å². The minimum atomic E-state index is 0.966. The van der Waals surface area contributed by atoms with Crippen molar-refractivity contribution in [2.45, 2.75) is 32.9 Å². The molecule has 20 heavy (non-hydrogen) atoms. The van der Waals surface area contributed by atoms with Gasteiger partial charge in [0, 0.05) is 37.1 Å². The maximum absolute atomic E-state index is 4.50.